The number of hydrogen-bond donors (Lipinski definition) is 1. The largest absolute Gasteiger partial charge is 0.383 e. The zero-order chi connectivity index (χ0) is 14.8. The molecule has 1 aliphatic rings. The minimum atomic E-state index is -0.0296. The van der Waals surface area contributed by atoms with Gasteiger partial charge in [-0.3, -0.25) is 0 Å². The molecule has 0 amide bonds. The van der Waals surface area contributed by atoms with Gasteiger partial charge >= 0.3 is 0 Å². The van der Waals surface area contributed by atoms with E-state index in [0.717, 1.165) is 18.9 Å². The van der Waals surface area contributed by atoms with Crippen LogP contribution in [0.3, 0.4) is 0 Å². The van der Waals surface area contributed by atoms with Gasteiger partial charge in [0, 0.05) is 24.3 Å². The Morgan fingerprint density at radius 3 is 2.65 bits per heavy atom. The maximum absolute atomic E-state index is 5.22. The van der Waals surface area contributed by atoms with E-state index in [0.29, 0.717) is 0 Å². The first-order valence-electron chi connectivity index (χ1n) is 7.19. The predicted octanol–water partition coefficient (Wildman–Crippen LogP) is 3.35. The highest BCUT2D eigenvalue weighted by molar-refractivity contribution is 7.99. The molecule has 0 spiro atoms. The van der Waals surface area contributed by atoms with E-state index in [1.807, 2.05) is 23.1 Å². The Morgan fingerprint density at radius 1 is 1.35 bits per heavy atom. The summed E-state index contributed by atoms with van der Waals surface area (Å²) in [5, 5.41) is 5.04. The van der Waals surface area contributed by atoms with Crippen molar-refractivity contribution in [3.05, 3.63) is 15.6 Å². The van der Waals surface area contributed by atoms with Gasteiger partial charge in [-0.25, -0.2) is 4.98 Å². The van der Waals surface area contributed by atoms with Crippen molar-refractivity contribution in [2.45, 2.75) is 39.7 Å². The van der Waals surface area contributed by atoms with Crippen LogP contribution in [-0.2, 0) is 10.3 Å². The van der Waals surface area contributed by atoms with Crippen LogP contribution in [-0.4, -0.2) is 36.8 Å². The van der Waals surface area contributed by atoms with Gasteiger partial charge in [-0.05, 0) is 31.4 Å². The zero-order valence-electron chi connectivity index (χ0n) is 13.2. The van der Waals surface area contributed by atoms with Crippen molar-refractivity contribution in [1.82, 2.24) is 10.3 Å². The quantitative estimate of drug-likeness (QED) is 0.845. The van der Waals surface area contributed by atoms with Crippen molar-refractivity contribution in [2.75, 3.05) is 31.8 Å². The molecule has 1 fully saturated rings. The number of methoxy groups -OCH3 is 1. The maximum Gasteiger partial charge on any atom is 0.115 e. The molecule has 1 aromatic heterocycles. The second-order valence-electron chi connectivity index (χ2n) is 6.17. The van der Waals surface area contributed by atoms with Crippen LogP contribution in [0.25, 0.3) is 0 Å². The first kappa shape index (κ1) is 16.3. The van der Waals surface area contributed by atoms with Crippen LogP contribution < -0.4 is 5.32 Å². The Bertz CT molecular complexity index is 439. The van der Waals surface area contributed by atoms with Crippen molar-refractivity contribution in [1.29, 1.82) is 0 Å². The summed E-state index contributed by atoms with van der Waals surface area (Å²) in [6.45, 7) is 10.6. The smallest absolute Gasteiger partial charge is 0.115 e. The lowest BCUT2D eigenvalue weighted by Gasteiger charge is -2.49. The topological polar surface area (TPSA) is 34.1 Å². The number of aryl methyl sites for hydroxylation is 2. The third-order valence-corrected chi connectivity index (χ3v) is 6.84. The number of nitrogens with one attached hydrogen (secondary N) is 1. The molecule has 5 heteroatoms. The van der Waals surface area contributed by atoms with E-state index < -0.39 is 0 Å². The molecule has 0 radical (unpaired) electrons. The van der Waals surface area contributed by atoms with Gasteiger partial charge in [-0.15, -0.1) is 11.3 Å². The van der Waals surface area contributed by atoms with E-state index in [9.17, 15) is 0 Å². The van der Waals surface area contributed by atoms with Crippen LogP contribution in [0.1, 0.15) is 35.8 Å². The second-order valence-corrected chi connectivity index (χ2v) is 8.48. The summed E-state index contributed by atoms with van der Waals surface area (Å²) in [5.41, 5.74) is 1.35. The molecule has 0 saturated carbocycles. The molecule has 2 heterocycles. The normalized spacial score (nSPS) is 25.9. The average Bonchev–Trinajstić information content (AvgIpc) is 2.72. The van der Waals surface area contributed by atoms with Crippen molar-refractivity contribution < 1.29 is 4.74 Å². The van der Waals surface area contributed by atoms with Crippen molar-refractivity contribution in [3.63, 3.8) is 0 Å². The summed E-state index contributed by atoms with van der Waals surface area (Å²) in [4.78, 5) is 6.21. The molecule has 0 aromatic carbocycles. The highest BCUT2D eigenvalue weighted by atomic mass is 32.2. The molecule has 1 aliphatic heterocycles. The Kier molecular flexibility index (Phi) is 5.16. The summed E-state index contributed by atoms with van der Waals surface area (Å²) in [5.74, 6) is 2.33. The Morgan fingerprint density at radius 2 is 2.10 bits per heavy atom. The van der Waals surface area contributed by atoms with Crippen LogP contribution in [0.15, 0.2) is 0 Å². The lowest BCUT2D eigenvalue weighted by molar-refractivity contribution is 0.110. The molecule has 0 bridgehead atoms. The first-order chi connectivity index (χ1) is 9.43. The van der Waals surface area contributed by atoms with Gasteiger partial charge < -0.3 is 10.1 Å². The van der Waals surface area contributed by atoms with Crippen molar-refractivity contribution >= 4 is 23.1 Å². The SMILES string of the molecule is COCCNC1(c2nc(C)c(C)s2)CSCCC1(C)C. The van der Waals surface area contributed by atoms with Gasteiger partial charge in [0.1, 0.15) is 5.01 Å². The van der Waals surface area contributed by atoms with E-state index >= 15 is 0 Å². The molecule has 1 saturated heterocycles. The maximum atomic E-state index is 5.22. The Labute approximate surface area is 130 Å². The fraction of sp³-hybridized carbons (Fsp3) is 0.800. The van der Waals surface area contributed by atoms with Gasteiger partial charge in [0.05, 0.1) is 17.8 Å². The van der Waals surface area contributed by atoms with E-state index in [-0.39, 0.29) is 11.0 Å². The van der Waals surface area contributed by atoms with Crippen LogP contribution in [0.4, 0.5) is 0 Å². The summed E-state index contributed by atoms with van der Waals surface area (Å²) in [6.07, 6.45) is 1.22. The molecule has 1 atom stereocenters. The number of thiazole rings is 1. The monoisotopic (exact) mass is 314 g/mol. The van der Waals surface area contributed by atoms with E-state index in [1.54, 1.807) is 7.11 Å². The number of aromatic nitrogens is 1. The summed E-state index contributed by atoms with van der Waals surface area (Å²) in [6, 6.07) is 0. The molecule has 114 valence electrons. The second kappa shape index (κ2) is 6.34. The van der Waals surface area contributed by atoms with Crippen LogP contribution >= 0.6 is 23.1 Å². The number of rotatable bonds is 5. The summed E-state index contributed by atoms with van der Waals surface area (Å²) < 4.78 is 5.22. The highest BCUT2D eigenvalue weighted by Gasteiger charge is 2.50. The van der Waals surface area contributed by atoms with Crippen LogP contribution in [0.2, 0.25) is 0 Å². The predicted molar refractivity (Wildman–Crippen MR) is 88.9 cm³/mol. The molecular weight excluding hydrogens is 288 g/mol. The minimum Gasteiger partial charge on any atom is -0.383 e. The molecule has 1 N–H and O–H groups in total. The standard InChI is InChI=1S/C15H26N2OS2/c1-11-12(2)20-13(17-11)15(16-7-8-18-5)10-19-9-6-14(15,3)4/h16H,6-10H2,1-5H3. The zero-order valence-corrected chi connectivity index (χ0v) is 14.8. The van der Waals surface area contributed by atoms with Gasteiger partial charge in [-0.2, -0.15) is 11.8 Å². The molecule has 2 rings (SSSR count). The van der Waals surface area contributed by atoms with E-state index in [2.05, 4.69) is 33.0 Å². The minimum absolute atomic E-state index is 0.0296. The van der Waals surface area contributed by atoms with E-state index in [1.165, 1.54) is 27.8 Å². The molecular formula is C15H26N2OS2. The first-order valence-corrected chi connectivity index (χ1v) is 9.16. The lowest BCUT2D eigenvalue weighted by Crippen LogP contribution is -2.58. The molecule has 1 unspecified atom stereocenters. The number of thioether (sulfide) groups is 1. The number of nitrogens with zero attached hydrogens (tertiary/aromatic N) is 1. The van der Waals surface area contributed by atoms with Gasteiger partial charge in [-0.1, -0.05) is 13.8 Å². The fourth-order valence-corrected chi connectivity index (χ4v) is 5.79. The van der Waals surface area contributed by atoms with Crippen molar-refractivity contribution in [3.8, 4) is 0 Å². The summed E-state index contributed by atoms with van der Waals surface area (Å²) >= 11 is 3.89. The third kappa shape index (κ3) is 2.91. The van der Waals surface area contributed by atoms with Crippen LogP contribution in [0, 0.1) is 19.3 Å². The van der Waals surface area contributed by atoms with Gasteiger partial charge in [0.25, 0.3) is 0 Å². The highest BCUT2D eigenvalue weighted by Crippen LogP contribution is 2.49. The average molecular weight is 315 g/mol. The Hall–Kier alpha value is -0.100. The third-order valence-electron chi connectivity index (χ3n) is 4.47. The van der Waals surface area contributed by atoms with Gasteiger partial charge in [0.15, 0.2) is 0 Å². The molecule has 1 aromatic rings. The fourth-order valence-electron chi connectivity index (χ4n) is 2.70. The number of hydrogen-bond acceptors (Lipinski definition) is 5. The van der Waals surface area contributed by atoms with Crippen LogP contribution in [0.5, 0.6) is 0 Å². The molecule has 3 nitrogen and oxygen atoms in total. The molecule has 20 heavy (non-hydrogen) atoms. The van der Waals surface area contributed by atoms with Gasteiger partial charge in [0.2, 0.25) is 0 Å². The van der Waals surface area contributed by atoms with Crippen molar-refractivity contribution in [2.24, 2.45) is 5.41 Å². The van der Waals surface area contributed by atoms with E-state index in [4.69, 9.17) is 9.72 Å². The number of ether oxygens (including phenoxy) is 1. The summed E-state index contributed by atoms with van der Waals surface area (Å²) in [7, 11) is 1.76. The lowest BCUT2D eigenvalue weighted by atomic mass is 9.71. The Balaban J connectivity index is 2.37. The molecule has 0 aliphatic carbocycles.